The predicted octanol–water partition coefficient (Wildman–Crippen LogP) is -0.123. The van der Waals surface area contributed by atoms with Gasteiger partial charge in [0.15, 0.2) is 6.29 Å². The number of hydrogen-bond acceptors (Lipinski definition) is 14. The fourth-order valence-electron chi connectivity index (χ4n) is 4.15. The van der Waals surface area contributed by atoms with Crippen molar-refractivity contribution in [3.8, 4) is 5.75 Å². The maximum Gasteiger partial charge on any atom is 0.313 e. The average molecular weight is 718 g/mol. The molecule has 1 saturated heterocycles. The number of aliphatic hydroxyl groups excluding tert-OH is 3. The molecule has 0 saturated carbocycles. The molecule has 276 valence electrons. The molecule has 5 atom stereocenters. The third-order valence-electron chi connectivity index (χ3n) is 6.69. The van der Waals surface area contributed by atoms with Gasteiger partial charge in [-0.1, -0.05) is 5.21 Å². The number of hydrogen-bond donors (Lipinski definition) is 4. The monoisotopic (exact) mass is 717 g/mol. The molecule has 0 aliphatic carbocycles. The number of rotatable bonds is 22. The van der Waals surface area contributed by atoms with E-state index >= 15 is 0 Å². The standard InChI is InChI=1S/C28H36F5N3O13/c29-19-20(30)22(32)27(23(33)21(19)31)49-18(39)2-4-43-7-9-45-11-12-46-10-8-44-6-3-36-14-15(34-35-36)1-5-47-28-26(42)25(41)24(40)16(48-28)13-17(37)38/h14,16,24-26,28,40-42H,1-13H2,(H,37,38)/t16-,24-,25+,26+,28+/m1/s1. The van der Waals surface area contributed by atoms with Gasteiger partial charge in [-0.15, -0.1) is 5.10 Å². The van der Waals surface area contributed by atoms with Gasteiger partial charge in [-0.2, -0.15) is 8.78 Å². The smallest absolute Gasteiger partial charge is 0.313 e. The topological polar surface area (TPSA) is 210 Å². The van der Waals surface area contributed by atoms with Gasteiger partial charge in [-0.3, -0.25) is 9.59 Å². The van der Waals surface area contributed by atoms with Crippen LogP contribution in [0.15, 0.2) is 6.20 Å². The van der Waals surface area contributed by atoms with Gasteiger partial charge in [0.05, 0.1) is 90.6 Å². The van der Waals surface area contributed by atoms with Crippen molar-refractivity contribution in [2.24, 2.45) is 0 Å². The fourth-order valence-corrected chi connectivity index (χ4v) is 4.15. The van der Waals surface area contributed by atoms with Crippen LogP contribution in [0, 0.1) is 29.1 Å². The van der Waals surface area contributed by atoms with E-state index in [4.69, 9.17) is 33.5 Å². The van der Waals surface area contributed by atoms with Crippen LogP contribution < -0.4 is 4.74 Å². The summed E-state index contributed by atoms with van der Waals surface area (Å²) in [5, 5.41) is 46.8. The zero-order valence-electron chi connectivity index (χ0n) is 25.9. The second kappa shape index (κ2) is 20.3. The molecule has 1 fully saturated rings. The first-order valence-corrected chi connectivity index (χ1v) is 14.9. The zero-order valence-corrected chi connectivity index (χ0v) is 25.9. The summed E-state index contributed by atoms with van der Waals surface area (Å²) in [5.41, 5.74) is 0.551. The van der Waals surface area contributed by atoms with Gasteiger partial charge in [0.2, 0.25) is 34.8 Å². The molecule has 21 heteroatoms. The van der Waals surface area contributed by atoms with Crippen molar-refractivity contribution in [3.63, 3.8) is 0 Å². The molecule has 2 aromatic rings. The van der Waals surface area contributed by atoms with Crippen LogP contribution in [-0.4, -0.2) is 138 Å². The van der Waals surface area contributed by atoms with Crippen molar-refractivity contribution in [2.45, 2.75) is 56.5 Å². The molecule has 0 spiro atoms. The lowest BCUT2D eigenvalue weighted by Gasteiger charge is -2.39. The number of esters is 1. The Labute approximate surface area is 275 Å². The Bertz CT molecular complexity index is 1330. The molecule has 1 aliphatic heterocycles. The summed E-state index contributed by atoms with van der Waals surface area (Å²) in [6.07, 6.45) is -6.55. The molecular weight excluding hydrogens is 681 g/mol. The van der Waals surface area contributed by atoms with E-state index in [0.717, 1.165) is 0 Å². The Hall–Kier alpha value is -3.41. The number of benzene rings is 1. The van der Waals surface area contributed by atoms with E-state index in [1.807, 2.05) is 0 Å². The van der Waals surface area contributed by atoms with Gasteiger partial charge >= 0.3 is 11.9 Å². The van der Waals surface area contributed by atoms with Gasteiger partial charge in [-0.05, 0) is 0 Å². The van der Waals surface area contributed by atoms with Crippen molar-refractivity contribution in [2.75, 3.05) is 59.5 Å². The van der Waals surface area contributed by atoms with Crippen LogP contribution in [0.3, 0.4) is 0 Å². The quantitative estimate of drug-likeness (QED) is 0.0312. The fraction of sp³-hybridized carbons (Fsp3) is 0.643. The molecule has 0 bridgehead atoms. The molecule has 1 aromatic carbocycles. The lowest BCUT2D eigenvalue weighted by molar-refractivity contribution is -0.296. The van der Waals surface area contributed by atoms with Gasteiger partial charge < -0.3 is 53.6 Å². The van der Waals surface area contributed by atoms with Gasteiger partial charge in [-0.25, -0.2) is 17.9 Å². The zero-order chi connectivity index (χ0) is 35.9. The Balaban J connectivity index is 1.15. The van der Waals surface area contributed by atoms with Crippen LogP contribution in [0.5, 0.6) is 5.75 Å². The number of carboxylic acid groups (broad SMARTS) is 1. The van der Waals surface area contributed by atoms with E-state index in [1.54, 1.807) is 6.20 Å². The van der Waals surface area contributed by atoms with Crippen LogP contribution >= 0.6 is 0 Å². The van der Waals surface area contributed by atoms with E-state index in [2.05, 4.69) is 15.0 Å². The number of aliphatic carboxylic acids is 1. The molecule has 1 aromatic heterocycles. The molecule has 0 unspecified atom stereocenters. The molecular formula is C28H36F5N3O13. The lowest BCUT2D eigenvalue weighted by atomic mass is 9.97. The molecule has 16 nitrogen and oxygen atoms in total. The highest BCUT2D eigenvalue weighted by atomic mass is 19.2. The van der Waals surface area contributed by atoms with Crippen LogP contribution in [0.4, 0.5) is 22.0 Å². The highest BCUT2D eigenvalue weighted by Crippen LogP contribution is 2.29. The molecule has 3 rings (SSSR count). The highest BCUT2D eigenvalue weighted by Gasteiger charge is 2.45. The number of aliphatic hydroxyl groups is 3. The van der Waals surface area contributed by atoms with Crippen LogP contribution in [0.2, 0.25) is 0 Å². The van der Waals surface area contributed by atoms with Gasteiger partial charge in [0, 0.05) is 12.6 Å². The number of aromatic nitrogens is 3. The van der Waals surface area contributed by atoms with Crippen molar-refractivity contribution in [1.82, 2.24) is 15.0 Å². The lowest BCUT2D eigenvalue weighted by Crippen LogP contribution is -2.58. The summed E-state index contributed by atoms with van der Waals surface area (Å²) in [4.78, 5) is 22.6. The van der Waals surface area contributed by atoms with E-state index < -0.39 is 90.3 Å². The SMILES string of the molecule is O=C(O)C[C@H]1O[C@H](OCCc2cn(CCOCCOCCOCCOCCC(=O)Oc3c(F)c(F)c(F)c(F)c3F)nn2)[C@@H](O)[C@@H](O)[C@@H]1O. The van der Waals surface area contributed by atoms with Gasteiger partial charge in [0.1, 0.15) is 18.3 Å². The number of carbonyl (C=O) groups excluding carboxylic acids is 1. The van der Waals surface area contributed by atoms with Crippen molar-refractivity contribution in [3.05, 3.63) is 41.0 Å². The highest BCUT2D eigenvalue weighted by molar-refractivity contribution is 5.72. The molecule has 4 N–H and O–H groups in total. The van der Waals surface area contributed by atoms with E-state index in [0.29, 0.717) is 18.8 Å². The maximum absolute atomic E-state index is 13.5. The van der Waals surface area contributed by atoms with Crippen LogP contribution in [0.1, 0.15) is 18.5 Å². The Morgan fingerprint density at radius 1 is 0.755 bits per heavy atom. The Morgan fingerprint density at radius 2 is 1.31 bits per heavy atom. The summed E-state index contributed by atoms with van der Waals surface area (Å²) >= 11 is 0. The molecule has 1 aliphatic rings. The van der Waals surface area contributed by atoms with Crippen LogP contribution in [0.25, 0.3) is 0 Å². The van der Waals surface area contributed by atoms with Gasteiger partial charge in [0.25, 0.3) is 0 Å². The molecule has 49 heavy (non-hydrogen) atoms. The first kappa shape index (κ1) is 40.0. The summed E-state index contributed by atoms with van der Waals surface area (Å²) in [5.74, 6) is -15.5. The molecule has 0 amide bonds. The van der Waals surface area contributed by atoms with Crippen LogP contribution in [-0.2, 0) is 51.0 Å². The summed E-state index contributed by atoms with van der Waals surface area (Å²) in [6.45, 7) is 1.62. The third kappa shape index (κ3) is 12.5. The second-order valence-electron chi connectivity index (χ2n) is 10.3. The van der Waals surface area contributed by atoms with E-state index in [9.17, 15) is 46.9 Å². The number of nitrogens with zero attached hydrogens (tertiary/aromatic N) is 3. The van der Waals surface area contributed by atoms with Crippen molar-refractivity contribution in [1.29, 1.82) is 0 Å². The molecule has 0 radical (unpaired) electrons. The second-order valence-corrected chi connectivity index (χ2v) is 10.3. The predicted molar refractivity (Wildman–Crippen MR) is 148 cm³/mol. The number of carbonyl (C=O) groups is 2. The minimum absolute atomic E-state index is 0.00476. The first-order chi connectivity index (χ1) is 23.4. The summed E-state index contributed by atoms with van der Waals surface area (Å²) < 4.78 is 104. The number of carboxylic acids is 1. The number of halogens is 5. The summed E-state index contributed by atoms with van der Waals surface area (Å²) in [6, 6.07) is 0. The average Bonchev–Trinajstić information content (AvgIpc) is 3.53. The Morgan fingerprint density at radius 3 is 1.90 bits per heavy atom. The maximum atomic E-state index is 13.5. The van der Waals surface area contributed by atoms with E-state index in [-0.39, 0.29) is 59.3 Å². The molecule has 2 heterocycles. The van der Waals surface area contributed by atoms with Crippen molar-refractivity contribution >= 4 is 11.9 Å². The summed E-state index contributed by atoms with van der Waals surface area (Å²) in [7, 11) is 0. The van der Waals surface area contributed by atoms with Crippen molar-refractivity contribution < 1.29 is 85.1 Å². The number of ether oxygens (including phenoxy) is 7. The minimum atomic E-state index is -2.37. The Kier molecular flexibility index (Phi) is 16.6. The third-order valence-corrected chi connectivity index (χ3v) is 6.69. The van der Waals surface area contributed by atoms with E-state index in [1.165, 1.54) is 4.68 Å². The largest absolute Gasteiger partial charge is 0.481 e. The minimum Gasteiger partial charge on any atom is -0.481 e. The first-order valence-electron chi connectivity index (χ1n) is 14.9. The normalized spacial score (nSPS) is 20.9.